The van der Waals surface area contributed by atoms with Gasteiger partial charge in [0.05, 0.1) is 13.7 Å². The van der Waals surface area contributed by atoms with Crippen LogP contribution in [0.4, 0.5) is 0 Å². The van der Waals surface area contributed by atoms with E-state index >= 15 is 0 Å². The number of benzene rings is 2. The van der Waals surface area contributed by atoms with Crippen LogP contribution < -0.4 is 9.47 Å². The molecule has 0 aliphatic carbocycles. The molecule has 0 aromatic heterocycles. The van der Waals surface area contributed by atoms with Gasteiger partial charge in [0.2, 0.25) is 0 Å². The number of ether oxygens (including phenoxy) is 2. The summed E-state index contributed by atoms with van der Waals surface area (Å²) in [5.41, 5.74) is 0.565. The van der Waals surface area contributed by atoms with Gasteiger partial charge in [-0.25, -0.2) is 0 Å². The zero-order chi connectivity index (χ0) is 15.2. The van der Waals surface area contributed by atoms with Crippen molar-refractivity contribution in [2.75, 3.05) is 13.7 Å². The molecule has 110 valence electrons. The van der Waals surface area contributed by atoms with Crippen LogP contribution in [0.1, 0.15) is 17.3 Å². The molecule has 0 unspecified atom stereocenters. The molecule has 0 saturated heterocycles. The first kappa shape index (κ1) is 15.7. The third-order valence-corrected chi connectivity index (χ3v) is 4.10. The highest BCUT2D eigenvalue weighted by molar-refractivity contribution is 7.99. The van der Waals surface area contributed by atoms with Gasteiger partial charge in [-0.2, -0.15) is 0 Å². The van der Waals surface area contributed by atoms with Crippen LogP contribution in [0.15, 0.2) is 46.2 Å². The highest BCUT2D eigenvalue weighted by Crippen LogP contribution is 2.38. The minimum atomic E-state index is 0.530. The Labute approximate surface area is 133 Å². The van der Waals surface area contributed by atoms with Gasteiger partial charge in [0.1, 0.15) is 0 Å². The van der Waals surface area contributed by atoms with Gasteiger partial charge in [0.15, 0.2) is 17.8 Å². The van der Waals surface area contributed by atoms with Crippen molar-refractivity contribution >= 4 is 29.6 Å². The molecule has 3 nitrogen and oxygen atoms in total. The van der Waals surface area contributed by atoms with Gasteiger partial charge in [0, 0.05) is 20.4 Å². The lowest BCUT2D eigenvalue weighted by atomic mass is 10.2. The third-order valence-electron chi connectivity index (χ3n) is 2.76. The van der Waals surface area contributed by atoms with Crippen molar-refractivity contribution in [3.8, 4) is 11.5 Å². The normalized spacial score (nSPS) is 10.2. The molecule has 0 spiro atoms. The molecule has 2 aromatic rings. The average Bonchev–Trinajstić information content (AvgIpc) is 2.50. The summed E-state index contributed by atoms with van der Waals surface area (Å²) in [5.74, 6) is 1.18. The first-order valence-corrected chi connectivity index (χ1v) is 7.60. The van der Waals surface area contributed by atoms with Gasteiger partial charge in [-0.1, -0.05) is 23.4 Å². The van der Waals surface area contributed by atoms with Crippen LogP contribution in [0, 0.1) is 0 Å². The Kier molecular flexibility index (Phi) is 5.53. The SMILES string of the molecule is CCOc1cc(Sc2ccc(Cl)cc2)c(C=O)cc1OC. The number of hydrogen-bond acceptors (Lipinski definition) is 4. The Balaban J connectivity index is 2.38. The highest BCUT2D eigenvalue weighted by Gasteiger charge is 2.12. The molecule has 5 heteroatoms. The fourth-order valence-electron chi connectivity index (χ4n) is 1.79. The quantitative estimate of drug-likeness (QED) is 0.721. The van der Waals surface area contributed by atoms with Crippen molar-refractivity contribution in [3.05, 3.63) is 47.0 Å². The summed E-state index contributed by atoms with van der Waals surface area (Å²) in [6.45, 7) is 2.43. The van der Waals surface area contributed by atoms with Crippen LogP contribution in [-0.2, 0) is 0 Å². The molecule has 0 aliphatic heterocycles. The largest absolute Gasteiger partial charge is 0.493 e. The van der Waals surface area contributed by atoms with E-state index < -0.39 is 0 Å². The number of hydrogen-bond donors (Lipinski definition) is 0. The van der Waals surface area contributed by atoms with E-state index in [2.05, 4.69) is 0 Å². The molecule has 0 heterocycles. The zero-order valence-corrected chi connectivity index (χ0v) is 13.3. The first-order chi connectivity index (χ1) is 10.2. The minimum absolute atomic E-state index is 0.530. The number of rotatable bonds is 6. The van der Waals surface area contributed by atoms with E-state index in [-0.39, 0.29) is 0 Å². The van der Waals surface area contributed by atoms with Crippen LogP contribution in [0.5, 0.6) is 11.5 Å². The van der Waals surface area contributed by atoms with Gasteiger partial charge < -0.3 is 9.47 Å². The van der Waals surface area contributed by atoms with E-state index in [9.17, 15) is 4.79 Å². The molecular formula is C16H15ClO3S. The van der Waals surface area contributed by atoms with Gasteiger partial charge in [-0.3, -0.25) is 4.79 Å². The van der Waals surface area contributed by atoms with E-state index in [1.165, 1.54) is 11.8 Å². The van der Waals surface area contributed by atoms with Gasteiger partial charge in [-0.15, -0.1) is 0 Å². The summed E-state index contributed by atoms with van der Waals surface area (Å²) in [4.78, 5) is 13.1. The van der Waals surface area contributed by atoms with Crippen LogP contribution in [-0.4, -0.2) is 20.0 Å². The molecule has 0 saturated carbocycles. The molecule has 0 N–H and O–H groups in total. The summed E-state index contributed by atoms with van der Waals surface area (Å²) < 4.78 is 10.8. The third kappa shape index (κ3) is 3.93. The Morgan fingerprint density at radius 2 is 1.90 bits per heavy atom. The van der Waals surface area contributed by atoms with Crippen LogP contribution in [0.3, 0.4) is 0 Å². The van der Waals surface area contributed by atoms with Gasteiger partial charge in [0.25, 0.3) is 0 Å². The molecule has 0 atom stereocenters. The first-order valence-electron chi connectivity index (χ1n) is 6.41. The fraction of sp³-hybridized carbons (Fsp3) is 0.188. The summed E-state index contributed by atoms with van der Waals surface area (Å²) in [6, 6.07) is 11.0. The molecular weight excluding hydrogens is 308 g/mol. The lowest BCUT2D eigenvalue weighted by Gasteiger charge is -2.13. The van der Waals surface area contributed by atoms with Crippen molar-refractivity contribution in [1.82, 2.24) is 0 Å². The Morgan fingerprint density at radius 1 is 1.19 bits per heavy atom. The topological polar surface area (TPSA) is 35.5 Å². The summed E-state index contributed by atoms with van der Waals surface area (Å²) in [6.07, 6.45) is 0.816. The second-order valence-corrected chi connectivity index (χ2v) is 5.70. The maximum Gasteiger partial charge on any atom is 0.162 e. The van der Waals surface area contributed by atoms with Crippen LogP contribution in [0.25, 0.3) is 0 Å². The molecule has 0 radical (unpaired) electrons. The predicted octanol–water partition coefficient (Wildman–Crippen LogP) is 4.71. The number of aldehydes is 1. The van der Waals surface area contributed by atoms with E-state index in [0.717, 1.165) is 16.1 Å². The molecule has 0 fully saturated rings. The molecule has 21 heavy (non-hydrogen) atoms. The molecule has 2 aromatic carbocycles. The summed E-state index contributed by atoms with van der Waals surface area (Å²) >= 11 is 7.36. The fourth-order valence-corrected chi connectivity index (χ4v) is 2.84. The smallest absolute Gasteiger partial charge is 0.162 e. The molecule has 2 rings (SSSR count). The lowest BCUT2D eigenvalue weighted by Crippen LogP contribution is -1.98. The monoisotopic (exact) mass is 322 g/mol. The summed E-state index contributed by atoms with van der Waals surface area (Å²) in [5, 5.41) is 0.680. The minimum Gasteiger partial charge on any atom is -0.493 e. The van der Waals surface area contributed by atoms with Crippen molar-refractivity contribution < 1.29 is 14.3 Å². The lowest BCUT2D eigenvalue weighted by molar-refractivity contribution is 0.112. The standard InChI is InChI=1S/C16H15ClO3S/c1-3-20-15-9-16(11(10-18)8-14(15)19-2)21-13-6-4-12(17)5-7-13/h4-10H,3H2,1-2H3. The Morgan fingerprint density at radius 3 is 2.48 bits per heavy atom. The Hall–Kier alpha value is -1.65. The number of carbonyl (C=O) groups excluding carboxylic acids is 1. The molecule has 0 bridgehead atoms. The van der Waals surface area contributed by atoms with Crippen molar-refractivity contribution in [2.24, 2.45) is 0 Å². The van der Waals surface area contributed by atoms with Gasteiger partial charge >= 0.3 is 0 Å². The second-order valence-electron chi connectivity index (χ2n) is 4.15. The second kappa shape index (κ2) is 7.38. The predicted molar refractivity (Wildman–Crippen MR) is 85.1 cm³/mol. The van der Waals surface area contributed by atoms with Crippen LogP contribution >= 0.6 is 23.4 Å². The van der Waals surface area contributed by atoms with E-state index in [4.69, 9.17) is 21.1 Å². The average molecular weight is 323 g/mol. The zero-order valence-electron chi connectivity index (χ0n) is 11.8. The van der Waals surface area contributed by atoms with Crippen molar-refractivity contribution in [1.29, 1.82) is 0 Å². The van der Waals surface area contributed by atoms with E-state index in [1.807, 2.05) is 37.3 Å². The number of halogens is 1. The van der Waals surface area contributed by atoms with Crippen molar-refractivity contribution in [3.63, 3.8) is 0 Å². The highest BCUT2D eigenvalue weighted by atomic mass is 35.5. The Bertz CT molecular complexity index is 626. The maximum absolute atomic E-state index is 11.3. The van der Waals surface area contributed by atoms with E-state index in [1.54, 1.807) is 13.2 Å². The van der Waals surface area contributed by atoms with Crippen molar-refractivity contribution in [2.45, 2.75) is 16.7 Å². The molecule has 0 aliphatic rings. The number of carbonyl (C=O) groups is 1. The number of methoxy groups -OCH3 is 1. The van der Waals surface area contributed by atoms with E-state index in [0.29, 0.717) is 28.7 Å². The maximum atomic E-state index is 11.3. The summed E-state index contributed by atoms with van der Waals surface area (Å²) in [7, 11) is 1.55. The van der Waals surface area contributed by atoms with Gasteiger partial charge in [-0.05, 0) is 43.3 Å². The molecule has 0 amide bonds. The van der Waals surface area contributed by atoms with Crippen LogP contribution in [0.2, 0.25) is 5.02 Å².